The Kier molecular flexibility index (Phi) is 4.20. The van der Waals surface area contributed by atoms with Gasteiger partial charge in [0.2, 0.25) is 0 Å². The van der Waals surface area contributed by atoms with Crippen molar-refractivity contribution < 1.29 is 9.90 Å². The summed E-state index contributed by atoms with van der Waals surface area (Å²) in [6, 6.07) is 8.99. The number of carbonyl (C=O) groups is 1. The molecule has 2 heterocycles. The molecule has 2 rings (SSSR count). The predicted octanol–water partition coefficient (Wildman–Crippen LogP) is 2.03. The molecule has 0 spiro atoms. The smallest absolute Gasteiger partial charge is 0.354 e. The maximum atomic E-state index is 10.8. The summed E-state index contributed by atoms with van der Waals surface area (Å²) in [6.45, 7) is 2.54. The third-order valence-electron chi connectivity index (χ3n) is 2.80. The summed E-state index contributed by atoms with van der Waals surface area (Å²) >= 11 is 0. The molecule has 0 saturated carbocycles. The quantitative estimate of drug-likeness (QED) is 0.857. The first-order valence-corrected chi connectivity index (χ1v) is 5.99. The number of pyridine rings is 2. The van der Waals surface area contributed by atoms with Crippen molar-refractivity contribution >= 4 is 5.97 Å². The van der Waals surface area contributed by atoms with Crippen molar-refractivity contribution in [3.63, 3.8) is 0 Å². The van der Waals surface area contributed by atoms with Crippen molar-refractivity contribution in [2.24, 2.45) is 0 Å². The Balaban J connectivity index is 1.99. The molecule has 2 N–H and O–H groups in total. The van der Waals surface area contributed by atoms with Gasteiger partial charge in [-0.05, 0) is 30.7 Å². The molecule has 0 aliphatic rings. The average molecular weight is 257 g/mol. The van der Waals surface area contributed by atoms with Gasteiger partial charge in [0.05, 0.1) is 5.69 Å². The first-order chi connectivity index (χ1) is 9.16. The summed E-state index contributed by atoms with van der Waals surface area (Å²) in [6.07, 6.45) is 3.53. The number of rotatable bonds is 5. The summed E-state index contributed by atoms with van der Waals surface area (Å²) in [4.78, 5) is 18.9. The molecule has 98 valence electrons. The van der Waals surface area contributed by atoms with Crippen molar-refractivity contribution in [1.82, 2.24) is 15.3 Å². The van der Waals surface area contributed by atoms with E-state index >= 15 is 0 Å². The number of aromatic carboxylic acids is 1. The Morgan fingerprint density at radius 2 is 2.21 bits per heavy atom. The molecule has 0 radical (unpaired) electrons. The van der Waals surface area contributed by atoms with Gasteiger partial charge in [-0.15, -0.1) is 0 Å². The van der Waals surface area contributed by atoms with Gasteiger partial charge in [0.15, 0.2) is 0 Å². The highest BCUT2D eigenvalue weighted by Crippen LogP contribution is 2.10. The number of nitrogens with one attached hydrogen (secondary N) is 1. The Morgan fingerprint density at radius 3 is 2.89 bits per heavy atom. The van der Waals surface area contributed by atoms with Crippen LogP contribution in [-0.2, 0) is 6.54 Å². The molecule has 0 aromatic carbocycles. The summed E-state index contributed by atoms with van der Waals surface area (Å²) in [5.41, 5.74) is 1.85. The third kappa shape index (κ3) is 3.59. The van der Waals surface area contributed by atoms with E-state index in [-0.39, 0.29) is 11.7 Å². The number of hydrogen-bond acceptors (Lipinski definition) is 4. The molecular formula is C14H15N3O2. The topological polar surface area (TPSA) is 75.1 Å². The number of carboxylic acids is 1. The number of hydrogen-bond donors (Lipinski definition) is 2. The van der Waals surface area contributed by atoms with Gasteiger partial charge in [-0.25, -0.2) is 9.78 Å². The van der Waals surface area contributed by atoms with Gasteiger partial charge >= 0.3 is 5.97 Å². The van der Waals surface area contributed by atoms with Gasteiger partial charge in [0.25, 0.3) is 0 Å². The fourth-order valence-corrected chi connectivity index (χ4v) is 1.70. The van der Waals surface area contributed by atoms with Gasteiger partial charge in [0.1, 0.15) is 5.69 Å². The van der Waals surface area contributed by atoms with Gasteiger partial charge in [0, 0.05) is 25.0 Å². The minimum absolute atomic E-state index is 0.0633. The summed E-state index contributed by atoms with van der Waals surface area (Å²) < 4.78 is 0. The van der Waals surface area contributed by atoms with E-state index in [1.54, 1.807) is 24.5 Å². The summed E-state index contributed by atoms with van der Waals surface area (Å²) in [5.74, 6) is -1.01. The second-order valence-electron chi connectivity index (χ2n) is 4.21. The zero-order chi connectivity index (χ0) is 13.7. The van der Waals surface area contributed by atoms with Crippen molar-refractivity contribution in [1.29, 1.82) is 0 Å². The highest BCUT2D eigenvalue weighted by molar-refractivity contribution is 5.85. The van der Waals surface area contributed by atoms with Crippen molar-refractivity contribution in [3.05, 3.63) is 59.7 Å². The molecule has 0 amide bonds. The lowest BCUT2D eigenvalue weighted by Crippen LogP contribution is -2.19. The van der Waals surface area contributed by atoms with Crippen LogP contribution in [0.2, 0.25) is 0 Å². The van der Waals surface area contributed by atoms with E-state index in [1.807, 2.05) is 19.1 Å². The lowest BCUT2D eigenvalue weighted by molar-refractivity contribution is 0.0690. The third-order valence-corrected chi connectivity index (χ3v) is 2.80. The summed E-state index contributed by atoms with van der Waals surface area (Å²) in [7, 11) is 0. The normalized spacial score (nSPS) is 12.1. The van der Waals surface area contributed by atoms with E-state index in [0.29, 0.717) is 12.2 Å². The van der Waals surface area contributed by atoms with Crippen LogP contribution in [0.3, 0.4) is 0 Å². The second-order valence-corrected chi connectivity index (χ2v) is 4.21. The fraction of sp³-hybridized carbons (Fsp3) is 0.214. The van der Waals surface area contributed by atoms with Gasteiger partial charge in [-0.1, -0.05) is 12.1 Å². The largest absolute Gasteiger partial charge is 0.477 e. The van der Waals surface area contributed by atoms with Crippen molar-refractivity contribution in [2.75, 3.05) is 0 Å². The molecule has 0 saturated heterocycles. The Labute approximate surface area is 111 Å². The maximum absolute atomic E-state index is 10.8. The molecule has 5 heteroatoms. The van der Waals surface area contributed by atoms with Crippen LogP contribution in [-0.4, -0.2) is 21.0 Å². The molecule has 19 heavy (non-hydrogen) atoms. The van der Waals surface area contributed by atoms with E-state index in [2.05, 4.69) is 15.3 Å². The lowest BCUT2D eigenvalue weighted by atomic mass is 10.1. The Hall–Kier alpha value is -2.27. The molecule has 0 bridgehead atoms. The first kappa shape index (κ1) is 13.2. The Morgan fingerprint density at radius 1 is 1.37 bits per heavy atom. The molecule has 2 aromatic rings. The molecule has 1 unspecified atom stereocenters. The molecule has 0 aliphatic heterocycles. The molecule has 0 aliphatic carbocycles. The molecule has 0 fully saturated rings. The summed E-state index contributed by atoms with van der Waals surface area (Å²) in [5, 5.41) is 12.2. The van der Waals surface area contributed by atoms with E-state index in [1.165, 1.54) is 6.07 Å². The van der Waals surface area contributed by atoms with E-state index in [4.69, 9.17) is 5.11 Å². The minimum atomic E-state index is -1.01. The fourth-order valence-electron chi connectivity index (χ4n) is 1.70. The predicted molar refractivity (Wildman–Crippen MR) is 70.7 cm³/mol. The zero-order valence-corrected chi connectivity index (χ0v) is 10.6. The molecule has 5 nitrogen and oxygen atoms in total. The van der Waals surface area contributed by atoms with E-state index in [0.717, 1.165) is 5.56 Å². The second kappa shape index (κ2) is 6.06. The highest BCUT2D eigenvalue weighted by Gasteiger charge is 2.07. The van der Waals surface area contributed by atoms with E-state index in [9.17, 15) is 4.79 Å². The molecule has 2 aromatic heterocycles. The van der Waals surface area contributed by atoms with Crippen LogP contribution in [0.1, 0.15) is 34.7 Å². The average Bonchev–Trinajstić information content (AvgIpc) is 2.46. The lowest BCUT2D eigenvalue weighted by Gasteiger charge is -2.13. The SMILES string of the molecule is CC(NCc1cccc(C(=O)O)n1)c1cccnc1. The number of aromatic nitrogens is 2. The first-order valence-electron chi connectivity index (χ1n) is 5.99. The van der Waals surface area contributed by atoms with Crippen LogP contribution < -0.4 is 5.32 Å². The van der Waals surface area contributed by atoms with Crippen LogP contribution in [0.5, 0.6) is 0 Å². The van der Waals surface area contributed by atoms with Crippen molar-refractivity contribution in [3.8, 4) is 0 Å². The van der Waals surface area contributed by atoms with Crippen LogP contribution in [0, 0.1) is 0 Å². The molecular weight excluding hydrogens is 242 g/mol. The monoisotopic (exact) mass is 257 g/mol. The van der Waals surface area contributed by atoms with Crippen LogP contribution in [0.4, 0.5) is 0 Å². The van der Waals surface area contributed by atoms with Gasteiger partial charge < -0.3 is 10.4 Å². The van der Waals surface area contributed by atoms with Crippen molar-refractivity contribution in [2.45, 2.75) is 19.5 Å². The highest BCUT2D eigenvalue weighted by atomic mass is 16.4. The zero-order valence-electron chi connectivity index (χ0n) is 10.6. The standard InChI is InChI=1S/C14H15N3O2/c1-10(11-4-3-7-15-8-11)16-9-12-5-2-6-13(17-12)14(18)19/h2-8,10,16H,9H2,1H3,(H,18,19). The molecule has 1 atom stereocenters. The van der Waals surface area contributed by atoms with Gasteiger partial charge in [-0.3, -0.25) is 4.98 Å². The Bertz CT molecular complexity index is 558. The van der Waals surface area contributed by atoms with Gasteiger partial charge in [-0.2, -0.15) is 0 Å². The van der Waals surface area contributed by atoms with Crippen LogP contribution >= 0.6 is 0 Å². The van der Waals surface area contributed by atoms with Crippen LogP contribution in [0.25, 0.3) is 0 Å². The number of carboxylic acid groups (broad SMARTS) is 1. The maximum Gasteiger partial charge on any atom is 0.354 e. The minimum Gasteiger partial charge on any atom is -0.477 e. The van der Waals surface area contributed by atoms with Crippen LogP contribution in [0.15, 0.2) is 42.7 Å². The number of nitrogens with zero attached hydrogens (tertiary/aromatic N) is 2. The van der Waals surface area contributed by atoms with E-state index < -0.39 is 5.97 Å².